The molecule has 0 unspecified atom stereocenters. The van der Waals surface area contributed by atoms with Crippen LogP contribution in [0.1, 0.15) is 5.56 Å². The molecule has 0 heterocycles. The number of benzene rings is 1. The summed E-state index contributed by atoms with van der Waals surface area (Å²) in [6.07, 6.45) is -4.31. The predicted molar refractivity (Wildman–Crippen MR) is 43.4 cm³/mol. The van der Waals surface area contributed by atoms with Gasteiger partial charge in [0, 0.05) is 0 Å². The molecule has 0 N–H and O–H groups in total. The van der Waals surface area contributed by atoms with Gasteiger partial charge in [0.1, 0.15) is 0 Å². The second-order valence-corrected chi connectivity index (χ2v) is 2.63. The van der Waals surface area contributed by atoms with Gasteiger partial charge in [0.15, 0.2) is 0 Å². The first-order valence-electron chi connectivity index (χ1n) is 3.67. The number of rotatable bonds is 1. The van der Waals surface area contributed by atoms with Crippen LogP contribution in [0.25, 0.3) is 0 Å². The third kappa shape index (κ3) is 2.20. The van der Waals surface area contributed by atoms with Crippen molar-refractivity contribution >= 4 is 22.0 Å². The summed E-state index contributed by atoms with van der Waals surface area (Å²) < 4.78 is 41.8. The standard InChI is InChI=1S/C8H6F3O.Li/c1-12-7-4-2-3-6(5-7)8(9,10)11;/h2-4H,1H3;. The first kappa shape index (κ1) is 10.5. The van der Waals surface area contributed by atoms with Gasteiger partial charge >= 0.3 is 82.7 Å². The zero-order chi connectivity index (χ0) is 10.1. The van der Waals surface area contributed by atoms with Crippen molar-refractivity contribution in [3.05, 3.63) is 23.8 Å². The van der Waals surface area contributed by atoms with E-state index in [1.54, 1.807) is 0 Å². The predicted octanol–water partition coefficient (Wildman–Crippen LogP) is 1.51. The summed E-state index contributed by atoms with van der Waals surface area (Å²) in [4.78, 5) is 0. The van der Waals surface area contributed by atoms with E-state index in [0.717, 1.165) is 6.07 Å². The molecular weight excluding hydrogens is 176 g/mol. The molecule has 1 nitrogen and oxygen atoms in total. The molecule has 0 aliphatic carbocycles. The van der Waals surface area contributed by atoms with Gasteiger partial charge in [-0.15, -0.1) is 0 Å². The minimum absolute atomic E-state index is 0.123. The normalized spacial score (nSPS) is 11.5. The van der Waals surface area contributed by atoms with Crippen LogP contribution in [0.5, 0.6) is 5.75 Å². The maximum atomic E-state index is 12.3. The molecule has 0 atom stereocenters. The van der Waals surface area contributed by atoms with Gasteiger partial charge in [-0.1, -0.05) is 0 Å². The molecule has 13 heavy (non-hydrogen) atoms. The summed E-state index contributed by atoms with van der Waals surface area (Å²) >= 11 is 1.39. The quantitative estimate of drug-likeness (QED) is 0.598. The SMILES string of the molecule is [Li][c]1c(OC)cccc1C(F)(F)F. The van der Waals surface area contributed by atoms with Crippen molar-refractivity contribution in [2.75, 3.05) is 7.11 Å². The number of halogens is 3. The molecular formula is C8H6F3LiO. The topological polar surface area (TPSA) is 9.23 Å². The zero-order valence-corrected chi connectivity index (χ0v) is 7.27. The van der Waals surface area contributed by atoms with Crippen LogP contribution in [0.2, 0.25) is 0 Å². The molecule has 0 bridgehead atoms. The molecule has 0 spiro atoms. The van der Waals surface area contributed by atoms with Crippen molar-refractivity contribution in [2.45, 2.75) is 6.18 Å². The Kier molecular flexibility index (Phi) is 2.94. The van der Waals surface area contributed by atoms with Crippen LogP contribution in [0, 0.1) is 0 Å². The van der Waals surface area contributed by atoms with Crippen molar-refractivity contribution in [3.63, 3.8) is 0 Å². The summed E-state index contributed by atoms with van der Waals surface area (Å²) in [6, 6.07) is 3.87. The Morgan fingerprint density at radius 3 is 2.38 bits per heavy atom. The summed E-state index contributed by atoms with van der Waals surface area (Å²) in [5.74, 6) is 0.259. The van der Waals surface area contributed by atoms with E-state index in [-0.39, 0.29) is 9.99 Å². The van der Waals surface area contributed by atoms with Crippen LogP contribution >= 0.6 is 0 Å². The Morgan fingerprint density at radius 2 is 1.92 bits per heavy atom. The van der Waals surface area contributed by atoms with Crippen molar-refractivity contribution < 1.29 is 17.9 Å². The molecule has 5 heteroatoms. The van der Waals surface area contributed by atoms with E-state index < -0.39 is 11.7 Å². The Balaban J connectivity index is 3.24. The van der Waals surface area contributed by atoms with Crippen molar-refractivity contribution in [1.29, 1.82) is 0 Å². The molecule has 1 rings (SSSR count). The van der Waals surface area contributed by atoms with E-state index in [9.17, 15) is 13.2 Å². The summed E-state index contributed by atoms with van der Waals surface area (Å²) in [5.41, 5.74) is -0.646. The first-order chi connectivity index (χ1) is 5.96. The van der Waals surface area contributed by atoms with Gasteiger partial charge in [-0.25, -0.2) is 0 Å². The second kappa shape index (κ2) is 3.65. The number of hydrogen-bond donors (Lipinski definition) is 0. The van der Waals surface area contributed by atoms with Gasteiger partial charge < -0.3 is 0 Å². The van der Waals surface area contributed by atoms with Crippen LogP contribution in [0.15, 0.2) is 18.2 Å². The Labute approximate surface area is 83.1 Å². The van der Waals surface area contributed by atoms with Gasteiger partial charge in [0.05, 0.1) is 0 Å². The fourth-order valence-electron chi connectivity index (χ4n) is 1.14. The van der Waals surface area contributed by atoms with E-state index in [1.807, 2.05) is 0 Å². The molecule has 0 aromatic heterocycles. The molecule has 0 amide bonds. The summed E-state index contributed by atoms with van der Waals surface area (Å²) in [7, 11) is 1.35. The fourth-order valence-corrected chi connectivity index (χ4v) is 1.14. The first-order valence-corrected chi connectivity index (χ1v) is 3.67. The number of hydrogen-bond acceptors (Lipinski definition) is 1. The monoisotopic (exact) mass is 182 g/mol. The summed E-state index contributed by atoms with van der Waals surface area (Å²) in [6.45, 7) is 0. The van der Waals surface area contributed by atoms with Gasteiger partial charge in [-0.3, -0.25) is 0 Å². The molecule has 0 saturated heterocycles. The van der Waals surface area contributed by atoms with Gasteiger partial charge in [-0.05, 0) is 0 Å². The molecule has 0 fully saturated rings. The van der Waals surface area contributed by atoms with Crippen molar-refractivity contribution in [3.8, 4) is 5.75 Å². The molecule has 0 aliphatic heterocycles. The number of alkyl halides is 3. The third-order valence-corrected chi connectivity index (χ3v) is 1.81. The number of ether oxygens (including phenoxy) is 1. The van der Waals surface area contributed by atoms with Gasteiger partial charge in [0.2, 0.25) is 0 Å². The maximum absolute atomic E-state index is 12.3. The van der Waals surface area contributed by atoms with Gasteiger partial charge in [-0.2, -0.15) is 0 Å². The minimum atomic E-state index is -4.31. The third-order valence-electron chi connectivity index (χ3n) is 1.81. The number of methoxy groups -OCH3 is 1. The van der Waals surface area contributed by atoms with Crippen LogP contribution in [0.3, 0.4) is 0 Å². The van der Waals surface area contributed by atoms with E-state index in [1.165, 1.54) is 37.0 Å². The van der Waals surface area contributed by atoms with E-state index in [0.29, 0.717) is 0 Å². The zero-order valence-electron chi connectivity index (χ0n) is 7.27. The van der Waals surface area contributed by atoms with Crippen LogP contribution in [-0.4, -0.2) is 24.8 Å². The second-order valence-electron chi connectivity index (χ2n) is 2.63. The van der Waals surface area contributed by atoms with E-state index in [4.69, 9.17) is 4.74 Å². The Bertz CT molecular complexity index is 309. The Morgan fingerprint density at radius 1 is 1.31 bits per heavy atom. The molecule has 0 aliphatic rings. The van der Waals surface area contributed by atoms with Crippen LogP contribution < -0.4 is 8.97 Å². The van der Waals surface area contributed by atoms with E-state index in [2.05, 4.69) is 0 Å². The fraction of sp³-hybridized carbons (Fsp3) is 0.250. The molecule has 1 aromatic carbocycles. The molecule has 0 radical (unpaired) electrons. The summed E-state index contributed by atoms with van der Waals surface area (Å²) in [5, 5.41) is 0. The Hall–Kier alpha value is -0.593. The van der Waals surface area contributed by atoms with Gasteiger partial charge in [0.25, 0.3) is 0 Å². The van der Waals surface area contributed by atoms with Crippen molar-refractivity contribution in [2.24, 2.45) is 0 Å². The van der Waals surface area contributed by atoms with Crippen LogP contribution in [0.4, 0.5) is 13.2 Å². The molecule has 1 aromatic rings. The van der Waals surface area contributed by atoms with E-state index >= 15 is 0 Å². The average molecular weight is 182 g/mol. The molecule has 0 saturated carbocycles. The molecule has 66 valence electrons. The van der Waals surface area contributed by atoms with Crippen LogP contribution in [-0.2, 0) is 6.18 Å². The average Bonchev–Trinajstić information content (AvgIpc) is 2.02. The van der Waals surface area contributed by atoms with Crippen molar-refractivity contribution in [1.82, 2.24) is 0 Å².